The summed E-state index contributed by atoms with van der Waals surface area (Å²) in [5.41, 5.74) is 0.635. The zero-order valence-electron chi connectivity index (χ0n) is 10.8. The van der Waals surface area contributed by atoms with Gasteiger partial charge in [-0.1, -0.05) is 30.3 Å². The molecule has 1 saturated carbocycles. The molecule has 3 rings (SSSR count). The van der Waals surface area contributed by atoms with Gasteiger partial charge in [0.2, 0.25) is 5.66 Å². The summed E-state index contributed by atoms with van der Waals surface area (Å²) in [4.78, 5) is 11.2. The van der Waals surface area contributed by atoms with Crippen molar-refractivity contribution in [2.75, 3.05) is 0 Å². The molecule has 2 unspecified atom stereocenters. The zero-order chi connectivity index (χ0) is 14.4. The van der Waals surface area contributed by atoms with Crippen LogP contribution in [0.4, 0.5) is 13.2 Å². The van der Waals surface area contributed by atoms with Crippen LogP contribution in [0.3, 0.4) is 0 Å². The topological polar surface area (TPSA) is 42.0 Å². The van der Waals surface area contributed by atoms with Crippen molar-refractivity contribution in [1.29, 1.82) is 0 Å². The standard InChI is InChI=1S/C14H15F3N2O/c15-14(16,17)13(10-4-2-1-3-5-10)18-19(13)11-6-8-12(20)9-7-11/h1-5,11,18H,6-9H2. The molecule has 1 aliphatic heterocycles. The summed E-state index contributed by atoms with van der Waals surface area (Å²) in [7, 11) is 0. The Morgan fingerprint density at radius 1 is 1.15 bits per heavy atom. The van der Waals surface area contributed by atoms with E-state index in [1.165, 1.54) is 17.1 Å². The molecule has 1 saturated heterocycles. The van der Waals surface area contributed by atoms with Gasteiger partial charge in [0.05, 0.1) is 0 Å². The maximum absolute atomic E-state index is 13.5. The van der Waals surface area contributed by atoms with Gasteiger partial charge in [0.1, 0.15) is 5.78 Å². The first-order chi connectivity index (χ1) is 9.45. The summed E-state index contributed by atoms with van der Waals surface area (Å²) in [5.74, 6) is 0.139. The number of nitrogens with zero attached hydrogens (tertiary/aromatic N) is 1. The van der Waals surface area contributed by atoms with Crippen LogP contribution in [0.25, 0.3) is 0 Å². The molecule has 1 N–H and O–H groups in total. The summed E-state index contributed by atoms with van der Waals surface area (Å²) < 4.78 is 40.5. The fraction of sp³-hybridized carbons (Fsp3) is 0.500. The molecular weight excluding hydrogens is 269 g/mol. The molecule has 0 aromatic heterocycles. The number of benzene rings is 1. The van der Waals surface area contributed by atoms with E-state index in [2.05, 4.69) is 5.43 Å². The third-order valence-electron chi connectivity index (χ3n) is 4.07. The minimum absolute atomic E-state index is 0.139. The van der Waals surface area contributed by atoms with Crippen LogP contribution in [0.2, 0.25) is 0 Å². The minimum Gasteiger partial charge on any atom is -0.300 e. The molecule has 3 nitrogen and oxygen atoms in total. The molecule has 1 aromatic carbocycles. The first kappa shape index (κ1) is 13.6. The van der Waals surface area contributed by atoms with Crippen LogP contribution in [-0.4, -0.2) is 23.0 Å². The summed E-state index contributed by atoms with van der Waals surface area (Å²) in [6.45, 7) is 0. The fourth-order valence-corrected chi connectivity index (χ4v) is 2.94. The monoisotopic (exact) mass is 284 g/mol. The third-order valence-corrected chi connectivity index (χ3v) is 4.07. The van der Waals surface area contributed by atoms with Gasteiger partial charge in [-0.15, -0.1) is 0 Å². The number of carbonyl (C=O) groups excluding carboxylic acids is 1. The number of hydrazine groups is 1. The number of rotatable bonds is 2. The highest BCUT2D eigenvalue weighted by Crippen LogP contribution is 2.52. The number of carbonyl (C=O) groups is 1. The second-order valence-electron chi connectivity index (χ2n) is 5.33. The number of hydrogen-bond donors (Lipinski definition) is 1. The number of alkyl halides is 3. The van der Waals surface area contributed by atoms with Crippen molar-refractivity contribution in [3.63, 3.8) is 0 Å². The van der Waals surface area contributed by atoms with Crippen LogP contribution in [0.1, 0.15) is 31.2 Å². The van der Waals surface area contributed by atoms with Gasteiger partial charge in [0, 0.05) is 18.9 Å². The van der Waals surface area contributed by atoms with Crippen LogP contribution in [-0.2, 0) is 10.5 Å². The van der Waals surface area contributed by atoms with E-state index in [-0.39, 0.29) is 17.4 Å². The lowest BCUT2D eigenvalue weighted by atomic mass is 9.93. The van der Waals surface area contributed by atoms with Crippen molar-refractivity contribution in [1.82, 2.24) is 10.4 Å². The lowest BCUT2D eigenvalue weighted by Gasteiger charge is -2.26. The van der Waals surface area contributed by atoms with Crippen LogP contribution in [0, 0.1) is 0 Å². The van der Waals surface area contributed by atoms with Crippen LogP contribution in [0.15, 0.2) is 30.3 Å². The average Bonchev–Trinajstić information content (AvgIpc) is 3.17. The van der Waals surface area contributed by atoms with Gasteiger partial charge < -0.3 is 0 Å². The van der Waals surface area contributed by atoms with Crippen molar-refractivity contribution >= 4 is 5.78 Å². The number of hydrogen-bond acceptors (Lipinski definition) is 3. The fourth-order valence-electron chi connectivity index (χ4n) is 2.94. The van der Waals surface area contributed by atoms with E-state index in [0.717, 1.165) is 0 Å². The highest BCUT2D eigenvalue weighted by molar-refractivity contribution is 5.79. The molecule has 1 heterocycles. The highest BCUT2D eigenvalue weighted by atomic mass is 19.4. The Kier molecular flexibility index (Phi) is 3.10. The number of halogens is 3. The number of Topliss-reactive ketones (excluding diaryl/α,β-unsaturated/α-hetero) is 1. The molecule has 1 aliphatic carbocycles. The predicted molar refractivity (Wildman–Crippen MR) is 66.4 cm³/mol. The van der Waals surface area contributed by atoms with Crippen LogP contribution in [0.5, 0.6) is 0 Å². The third kappa shape index (κ3) is 2.03. The van der Waals surface area contributed by atoms with E-state index in [0.29, 0.717) is 25.7 Å². The maximum atomic E-state index is 13.5. The molecule has 0 amide bonds. The molecule has 0 radical (unpaired) electrons. The summed E-state index contributed by atoms with van der Waals surface area (Å²) in [5, 5.41) is 1.27. The minimum atomic E-state index is -4.39. The van der Waals surface area contributed by atoms with E-state index in [9.17, 15) is 18.0 Å². The van der Waals surface area contributed by atoms with Crippen molar-refractivity contribution in [3.05, 3.63) is 35.9 Å². The second kappa shape index (κ2) is 4.56. The smallest absolute Gasteiger partial charge is 0.300 e. The van der Waals surface area contributed by atoms with Gasteiger partial charge in [0.15, 0.2) is 0 Å². The molecule has 1 aromatic rings. The Morgan fingerprint density at radius 2 is 1.75 bits per heavy atom. The Bertz CT molecular complexity index is 507. The highest BCUT2D eigenvalue weighted by Gasteiger charge is 2.72. The van der Waals surface area contributed by atoms with Crippen molar-refractivity contribution < 1.29 is 18.0 Å². The van der Waals surface area contributed by atoms with Crippen molar-refractivity contribution in [2.45, 2.75) is 43.6 Å². The largest absolute Gasteiger partial charge is 0.426 e. The van der Waals surface area contributed by atoms with Gasteiger partial charge in [-0.2, -0.15) is 13.2 Å². The maximum Gasteiger partial charge on any atom is 0.426 e. The van der Waals surface area contributed by atoms with Gasteiger partial charge >= 0.3 is 6.18 Å². The van der Waals surface area contributed by atoms with Gasteiger partial charge in [0.25, 0.3) is 0 Å². The van der Waals surface area contributed by atoms with E-state index in [4.69, 9.17) is 0 Å². The number of nitrogens with one attached hydrogen (secondary N) is 1. The molecule has 0 spiro atoms. The predicted octanol–water partition coefficient (Wildman–Crippen LogP) is 2.73. The number of ketones is 1. The lowest BCUT2D eigenvalue weighted by Crippen LogP contribution is -2.39. The van der Waals surface area contributed by atoms with E-state index < -0.39 is 11.8 Å². The second-order valence-corrected chi connectivity index (χ2v) is 5.33. The molecule has 2 aliphatic rings. The van der Waals surface area contributed by atoms with Gasteiger partial charge in [-0.05, 0) is 18.4 Å². The first-order valence-electron chi connectivity index (χ1n) is 6.66. The van der Waals surface area contributed by atoms with E-state index in [1.54, 1.807) is 18.2 Å². The molecule has 6 heteroatoms. The quantitative estimate of drug-likeness (QED) is 0.849. The van der Waals surface area contributed by atoms with Crippen LogP contribution >= 0.6 is 0 Å². The zero-order valence-corrected chi connectivity index (χ0v) is 10.8. The van der Waals surface area contributed by atoms with Crippen molar-refractivity contribution in [3.8, 4) is 0 Å². The Morgan fingerprint density at radius 3 is 2.30 bits per heavy atom. The summed E-state index contributed by atoms with van der Waals surface area (Å²) in [6.07, 6.45) is -2.69. The average molecular weight is 284 g/mol. The van der Waals surface area contributed by atoms with E-state index >= 15 is 0 Å². The SMILES string of the molecule is O=C1CCC(N2NC2(c2ccccc2)C(F)(F)F)CC1. The van der Waals surface area contributed by atoms with Crippen LogP contribution < -0.4 is 5.43 Å². The Hall–Kier alpha value is -1.40. The molecule has 2 atom stereocenters. The van der Waals surface area contributed by atoms with E-state index in [1.807, 2.05) is 0 Å². The molecule has 0 bridgehead atoms. The summed E-state index contributed by atoms with van der Waals surface area (Å²) >= 11 is 0. The lowest BCUT2D eigenvalue weighted by molar-refractivity contribution is -0.178. The normalized spacial score (nSPS) is 31.4. The molecule has 20 heavy (non-hydrogen) atoms. The molecule has 2 fully saturated rings. The Balaban J connectivity index is 1.87. The summed E-state index contributed by atoms with van der Waals surface area (Å²) in [6, 6.07) is 7.62. The first-order valence-corrected chi connectivity index (χ1v) is 6.66. The van der Waals surface area contributed by atoms with Gasteiger partial charge in [-0.3, -0.25) is 4.79 Å². The Labute approximate surface area is 114 Å². The van der Waals surface area contributed by atoms with Crippen molar-refractivity contribution in [2.24, 2.45) is 0 Å². The molecule has 108 valence electrons. The van der Waals surface area contributed by atoms with Gasteiger partial charge in [-0.25, -0.2) is 10.4 Å². The molecular formula is C14H15F3N2O.